The number of hydrogen-bond donors (Lipinski definition) is 1. The Balaban J connectivity index is 0.00000225. The summed E-state index contributed by atoms with van der Waals surface area (Å²) in [7, 11) is 0. The van der Waals surface area contributed by atoms with Gasteiger partial charge in [0.15, 0.2) is 0 Å². The first kappa shape index (κ1) is 20.3. The number of nitrogens with zero attached hydrogens (tertiary/aromatic N) is 2. The topological polar surface area (TPSA) is 47.0 Å². The van der Waals surface area contributed by atoms with Gasteiger partial charge in [-0.2, -0.15) is 0 Å². The zero-order chi connectivity index (χ0) is 18.8. The fraction of sp³-hybridized carbons (Fsp3) is 0.100. The molecule has 2 aromatic heterocycles. The second-order valence-electron chi connectivity index (χ2n) is 5.97. The van der Waals surface area contributed by atoms with Crippen LogP contribution in [0.1, 0.15) is 11.1 Å². The third-order valence-corrected chi connectivity index (χ3v) is 5.39. The van der Waals surface area contributed by atoms with E-state index >= 15 is 0 Å². The van der Waals surface area contributed by atoms with Gasteiger partial charge in [0.2, 0.25) is 0 Å². The molecule has 0 spiro atoms. The van der Waals surface area contributed by atoms with Crippen LogP contribution in [0.2, 0.25) is 5.02 Å². The number of nitrogens with one attached hydrogen (secondary N) is 1. The summed E-state index contributed by atoms with van der Waals surface area (Å²) in [5.41, 5.74) is 2.38. The van der Waals surface area contributed by atoms with E-state index in [4.69, 9.17) is 16.3 Å². The fourth-order valence-electron chi connectivity index (χ4n) is 2.72. The first-order valence-corrected chi connectivity index (χ1v) is 9.49. The second kappa shape index (κ2) is 8.73. The molecule has 0 unspecified atom stereocenters. The Morgan fingerprint density at radius 1 is 1.18 bits per heavy atom. The van der Waals surface area contributed by atoms with E-state index in [1.54, 1.807) is 41.7 Å². The van der Waals surface area contributed by atoms with Crippen molar-refractivity contribution in [2.75, 3.05) is 5.32 Å². The molecule has 0 saturated heterocycles. The van der Waals surface area contributed by atoms with E-state index < -0.39 is 0 Å². The summed E-state index contributed by atoms with van der Waals surface area (Å²) < 4.78 is 19.4. The molecule has 0 aliphatic heterocycles. The maximum Gasteiger partial charge on any atom is 0.142 e. The quantitative estimate of drug-likeness (QED) is 0.386. The van der Waals surface area contributed by atoms with Crippen LogP contribution in [-0.2, 0) is 6.61 Å². The van der Waals surface area contributed by atoms with Crippen molar-refractivity contribution < 1.29 is 9.13 Å². The van der Waals surface area contributed by atoms with Gasteiger partial charge in [0.1, 0.15) is 35.1 Å². The van der Waals surface area contributed by atoms with Crippen LogP contribution < -0.4 is 10.1 Å². The minimum absolute atomic E-state index is 0. The molecule has 0 aliphatic carbocycles. The number of hydrogen-bond acceptors (Lipinski definition) is 5. The van der Waals surface area contributed by atoms with E-state index in [1.807, 2.05) is 13.0 Å². The van der Waals surface area contributed by atoms with Crippen LogP contribution in [0.5, 0.6) is 5.75 Å². The molecule has 0 radical (unpaired) electrons. The molecule has 0 bridgehead atoms. The molecule has 0 aliphatic rings. The Labute approximate surface area is 176 Å². The number of fused-ring (bicyclic) bond motifs is 1. The molecule has 2 heterocycles. The average Bonchev–Trinajstić information content (AvgIpc) is 3.04. The lowest BCUT2D eigenvalue weighted by Gasteiger charge is -2.12. The molecular formula is C20H16Cl2FN3OS. The van der Waals surface area contributed by atoms with Crippen LogP contribution in [0, 0.1) is 12.7 Å². The summed E-state index contributed by atoms with van der Waals surface area (Å²) in [4.78, 5) is 9.56. The van der Waals surface area contributed by atoms with Crippen LogP contribution in [0.25, 0.3) is 10.2 Å². The van der Waals surface area contributed by atoms with Crippen molar-refractivity contribution in [1.82, 2.24) is 9.97 Å². The van der Waals surface area contributed by atoms with Crippen molar-refractivity contribution in [2.45, 2.75) is 13.5 Å². The van der Waals surface area contributed by atoms with Gasteiger partial charge in [0.05, 0.1) is 10.4 Å². The molecule has 1 N–H and O–H groups in total. The monoisotopic (exact) mass is 435 g/mol. The summed E-state index contributed by atoms with van der Waals surface area (Å²) in [6, 6.07) is 11.9. The summed E-state index contributed by atoms with van der Waals surface area (Å²) in [6.45, 7) is 2.14. The highest BCUT2D eigenvalue weighted by Gasteiger charge is 2.11. The van der Waals surface area contributed by atoms with E-state index in [0.717, 1.165) is 27.3 Å². The Hall–Kier alpha value is -2.41. The van der Waals surface area contributed by atoms with Crippen molar-refractivity contribution in [3.8, 4) is 5.75 Å². The van der Waals surface area contributed by atoms with Gasteiger partial charge in [0, 0.05) is 11.3 Å². The smallest absolute Gasteiger partial charge is 0.142 e. The number of benzene rings is 2. The number of aryl methyl sites for hydroxylation is 1. The highest BCUT2D eigenvalue weighted by molar-refractivity contribution is 7.17. The van der Waals surface area contributed by atoms with E-state index in [-0.39, 0.29) is 24.8 Å². The summed E-state index contributed by atoms with van der Waals surface area (Å²) in [5, 5.41) is 6.77. The first-order chi connectivity index (χ1) is 13.1. The van der Waals surface area contributed by atoms with E-state index in [2.05, 4.69) is 20.7 Å². The zero-order valence-corrected chi connectivity index (χ0v) is 17.2. The van der Waals surface area contributed by atoms with E-state index in [1.165, 1.54) is 12.4 Å². The standard InChI is InChI=1S/C20H15ClFN3OS.ClH/c1-12-10-27-20-18(12)19(23-11-24-20)25-14-6-7-17(15(21)8-14)26-9-13-4-2-3-5-16(13)22;/h2-8,10-11H,9H2,1H3,(H,23,24,25);1H. The third kappa shape index (κ3) is 4.19. The molecule has 0 atom stereocenters. The minimum atomic E-state index is -0.300. The number of rotatable bonds is 5. The predicted octanol–water partition coefficient (Wildman–Crippen LogP) is 6.54. The lowest BCUT2D eigenvalue weighted by Crippen LogP contribution is -1.99. The summed E-state index contributed by atoms with van der Waals surface area (Å²) in [5.74, 6) is 0.922. The van der Waals surface area contributed by atoms with Crippen molar-refractivity contribution >= 4 is 57.1 Å². The van der Waals surface area contributed by atoms with Crippen molar-refractivity contribution in [1.29, 1.82) is 0 Å². The van der Waals surface area contributed by atoms with E-state index in [0.29, 0.717) is 16.3 Å². The maximum atomic E-state index is 13.7. The second-order valence-corrected chi connectivity index (χ2v) is 7.24. The molecule has 0 fully saturated rings. The molecule has 144 valence electrons. The molecule has 0 saturated carbocycles. The maximum absolute atomic E-state index is 13.7. The van der Waals surface area contributed by atoms with Crippen LogP contribution in [-0.4, -0.2) is 9.97 Å². The summed E-state index contributed by atoms with van der Waals surface area (Å²) in [6.07, 6.45) is 1.54. The van der Waals surface area contributed by atoms with E-state index in [9.17, 15) is 4.39 Å². The number of halogens is 3. The number of ether oxygens (including phenoxy) is 1. The number of aromatic nitrogens is 2. The first-order valence-electron chi connectivity index (χ1n) is 8.23. The van der Waals surface area contributed by atoms with Gasteiger partial charge in [-0.15, -0.1) is 23.7 Å². The van der Waals surface area contributed by atoms with Crippen LogP contribution in [0.3, 0.4) is 0 Å². The Morgan fingerprint density at radius 3 is 2.79 bits per heavy atom. The Kier molecular flexibility index (Phi) is 6.34. The third-order valence-electron chi connectivity index (χ3n) is 4.09. The zero-order valence-electron chi connectivity index (χ0n) is 14.8. The Bertz CT molecular complexity index is 1120. The molecular weight excluding hydrogens is 420 g/mol. The number of anilines is 2. The molecule has 28 heavy (non-hydrogen) atoms. The van der Waals surface area contributed by atoms with Gasteiger partial charge in [-0.1, -0.05) is 29.8 Å². The predicted molar refractivity (Wildman–Crippen MR) is 115 cm³/mol. The molecule has 8 heteroatoms. The lowest BCUT2D eigenvalue weighted by atomic mass is 10.2. The highest BCUT2D eigenvalue weighted by atomic mass is 35.5. The van der Waals surface area contributed by atoms with Crippen molar-refractivity contribution in [2.24, 2.45) is 0 Å². The fourth-order valence-corrected chi connectivity index (χ4v) is 3.84. The molecule has 2 aromatic carbocycles. The van der Waals surface area contributed by atoms with Crippen molar-refractivity contribution in [3.63, 3.8) is 0 Å². The highest BCUT2D eigenvalue weighted by Crippen LogP contribution is 2.33. The van der Waals surface area contributed by atoms with Crippen LogP contribution in [0.4, 0.5) is 15.9 Å². The van der Waals surface area contributed by atoms with Gasteiger partial charge in [0.25, 0.3) is 0 Å². The van der Waals surface area contributed by atoms with Crippen molar-refractivity contribution in [3.05, 3.63) is 76.1 Å². The van der Waals surface area contributed by atoms with Gasteiger partial charge in [-0.25, -0.2) is 14.4 Å². The van der Waals surface area contributed by atoms with Gasteiger partial charge in [-0.05, 0) is 42.1 Å². The Morgan fingerprint density at radius 2 is 2.00 bits per heavy atom. The van der Waals surface area contributed by atoms with Crippen LogP contribution >= 0.6 is 35.3 Å². The van der Waals surface area contributed by atoms with Gasteiger partial charge in [-0.3, -0.25) is 0 Å². The molecule has 4 nitrogen and oxygen atoms in total. The van der Waals surface area contributed by atoms with Gasteiger partial charge < -0.3 is 10.1 Å². The minimum Gasteiger partial charge on any atom is -0.487 e. The SMILES string of the molecule is Cc1csc2ncnc(Nc3ccc(OCc4ccccc4F)c(Cl)c3)c12.Cl. The average molecular weight is 436 g/mol. The lowest BCUT2D eigenvalue weighted by molar-refractivity contribution is 0.300. The largest absolute Gasteiger partial charge is 0.487 e. The number of thiophene rings is 1. The molecule has 4 aromatic rings. The van der Waals surface area contributed by atoms with Gasteiger partial charge >= 0.3 is 0 Å². The van der Waals surface area contributed by atoms with Crippen LogP contribution in [0.15, 0.2) is 54.2 Å². The summed E-state index contributed by atoms with van der Waals surface area (Å²) >= 11 is 7.92. The normalized spacial score (nSPS) is 10.5. The molecule has 0 amide bonds. The molecule has 4 rings (SSSR count).